The number of thiazole rings is 1. The van der Waals surface area contributed by atoms with Crippen LogP contribution in [-0.4, -0.2) is 27.7 Å². The van der Waals surface area contributed by atoms with Gasteiger partial charge in [-0.05, 0) is 32.0 Å². The number of nitriles is 1. The summed E-state index contributed by atoms with van der Waals surface area (Å²) >= 11 is 1.14. The highest BCUT2D eigenvalue weighted by Crippen LogP contribution is 2.32. The Labute approximate surface area is 142 Å². The van der Waals surface area contributed by atoms with E-state index < -0.39 is 5.97 Å². The maximum Gasteiger partial charge on any atom is 0.347 e. The lowest BCUT2D eigenvalue weighted by molar-refractivity contribution is 0.0642. The molecule has 0 aliphatic rings. The van der Waals surface area contributed by atoms with Crippen LogP contribution in [-0.2, 0) is 4.74 Å². The van der Waals surface area contributed by atoms with Crippen LogP contribution in [0, 0.1) is 18.3 Å². The Bertz CT molecular complexity index is 981. The topological polar surface area (TPSA) is 88.1 Å². The number of methoxy groups -OCH3 is 1. The van der Waals surface area contributed by atoms with Crippen molar-refractivity contribution in [3.8, 4) is 16.6 Å². The van der Waals surface area contributed by atoms with Crippen LogP contribution in [0.1, 0.15) is 34.1 Å². The molecule has 0 amide bonds. The molecular weight excluding hydrogens is 326 g/mol. The maximum absolute atomic E-state index is 11.2. The molecule has 24 heavy (non-hydrogen) atoms. The molecule has 0 radical (unpaired) electrons. The first-order chi connectivity index (χ1) is 11.5. The van der Waals surface area contributed by atoms with Crippen molar-refractivity contribution in [1.29, 1.82) is 5.26 Å². The van der Waals surface area contributed by atoms with E-state index in [9.17, 15) is 15.2 Å². The van der Waals surface area contributed by atoms with Crippen molar-refractivity contribution < 1.29 is 14.6 Å². The fraction of sp³-hybridized carbons (Fsp3) is 0.235. The summed E-state index contributed by atoms with van der Waals surface area (Å²) in [5.74, 6) is -0.977. The van der Waals surface area contributed by atoms with Crippen molar-refractivity contribution in [2.24, 2.45) is 0 Å². The van der Waals surface area contributed by atoms with Gasteiger partial charge in [0, 0.05) is 24.3 Å². The molecule has 0 fully saturated rings. The van der Waals surface area contributed by atoms with E-state index in [1.165, 1.54) is 0 Å². The normalized spacial score (nSPS) is 12.2. The lowest BCUT2D eigenvalue weighted by Gasteiger charge is -2.12. The molecular formula is C17H15N3O3S. The van der Waals surface area contributed by atoms with Gasteiger partial charge < -0.3 is 14.4 Å². The van der Waals surface area contributed by atoms with Gasteiger partial charge in [0.2, 0.25) is 0 Å². The third-order valence-corrected chi connectivity index (χ3v) is 5.12. The summed E-state index contributed by atoms with van der Waals surface area (Å²) in [5.41, 5.74) is 2.72. The molecule has 1 atom stereocenters. The van der Waals surface area contributed by atoms with Crippen molar-refractivity contribution in [1.82, 2.24) is 9.55 Å². The standard InChI is InChI=1S/C17H15N3O3S/c1-9-15(17(21)22)24-16(19-9)11-4-5-14-13(6-11)12(7-18)8-20(14)10(2)23-3/h4-6,8,10H,1-3H3,(H,21,22). The number of nitrogens with zero attached hydrogens (tertiary/aromatic N) is 3. The van der Waals surface area contributed by atoms with Crippen LogP contribution in [0.5, 0.6) is 0 Å². The fourth-order valence-corrected chi connectivity index (χ4v) is 3.51. The Morgan fingerprint density at radius 2 is 2.25 bits per heavy atom. The van der Waals surface area contributed by atoms with Crippen molar-refractivity contribution in [3.05, 3.63) is 40.5 Å². The summed E-state index contributed by atoms with van der Waals surface area (Å²) in [6, 6.07) is 7.85. The minimum Gasteiger partial charge on any atom is -0.477 e. The number of aromatic nitrogens is 2. The van der Waals surface area contributed by atoms with E-state index in [1.54, 1.807) is 20.2 Å². The zero-order valence-corrected chi connectivity index (χ0v) is 14.2. The summed E-state index contributed by atoms with van der Waals surface area (Å²) in [6.07, 6.45) is 1.57. The molecule has 0 aliphatic heterocycles. The number of fused-ring (bicyclic) bond motifs is 1. The summed E-state index contributed by atoms with van der Waals surface area (Å²) in [5, 5.41) is 20.0. The number of ether oxygens (including phenoxy) is 1. The monoisotopic (exact) mass is 341 g/mol. The average Bonchev–Trinajstić information content (AvgIpc) is 3.14. The number of carboxylic acids is 1. The summed E-state index contributed by atoms with van der Waals surface area (Å²) < 4.78 is 7.24. The number of carboxylic acid groups (broad SMARTS) is 1. The number of aromatic carboxylic acids is 1. The van der Waals surface area contributed by atoms with E-state index in [0.717, 1.165) is 27.8 Å². The summed E-state index contributed by atoms with van der Waals surface area (Å²) in [7, 11) is 1.61. The molecule has 6 nitrogen and oxygen atoms in total. The van der Waals surface area contributed by atoms with Gasteiger partial charge in [0.25, 0.3) is 0 Å². The Kier molecular flexibility index (Phi) is 4.09. The van der Waals surface area contributed by atoms with Crippen LogP contribution in [0.25, 0.3) is 21.5 Å². The van der Waals surface area contributed by atoms with Crippen molar-refractivity contribution in [2.45, 2.75) is 20.1 Å². The lowest BCUT2D eigenvalue weighted by atomic mass is 10.1. The molecule has 2 heterocycles. The minimum atomic E-state index is -0.977. The smallest absolute Gasteiger partial charge is 0.347 e. The third-order valence-electron chi connectivity index (χ3n) is 3.92. The Morgan fingerprint density at radius 3 is 2.83 bits per heavy atom. The molecule has 3 rings (SSSR count). The van der Waals surface area contributed by atoms with E-state index in [-0.39, 0.29) is 11.1 Å². The van der Waals surface area contributed by atoms with E-state index in [0.29, 0.717) is 16.3 Å². The second-order valence-corrected chi connectivity index (χ2v) is 6.37. The van der Waals surface area contributed by atoms with Crippen LogP contribution >= 0.6 is 11.3 Å². The first-order valence-corrected chi connectivity index (χ1v) is 8.06. The van der Waals surface area contributed by atoms with E-state index in [2.05, 4.69) is 11.1 Å². The van der Waals surface area contributed by atoms with Crippen molar-refractivity contribution >= 4 is 28.2 Å². The minimum absolute atomic E-state index is 0.193. The van der Waals surface area contributed by atoms with Gasteiger partial charge in [-0.1, -0.05) is 0 Å². The summed E-state index contributed by atoms with van der Waals surface area (Å²) in [4.78, 5) is 15.8. The molecule has 0 saturated carbocycles. The van der Waals surface area contributed by atoms with Crippen LogP contribution in [0.15, 0.2) is 24.4 Å². The SMILES string of the molecule is COC(C)n1cc(C#N)c2cc(-c3nc(C)c(C(=O)O)s3)ccc21. The second-order valence-electron chi connectivity index (χ2n) is 5.37. The van der Waals surface area contributed by atoms with E-state index >= 15 is 0 Å². The van der Waals surface area contributed by atoms with Crippen LogP contribution in [0.4, 0.5) is 0 Å². The highest BCUT2D eigenvalue weighted by atomic mass is 32.1. The number of hydrogen-bond acceptors (Lipinski definition) is 5. The third kappa shape index (κ3) is 2.56. The molecule has 1 unspecified atom stereocenters. The van der Waals surface area contributed by atoms with E-state index in [1.807, 2.05) is 29.7 Å². The molecule has 0 spiro atoms. The molecule has 1 N–H and O–H groups in total. The number of carbonyl (C=O) groups is 1. The molecule has 122 valence electrons. The molecule has 0 saturated heterocycles. The lowest BCUT2D eigenvalue weighted by Crippen LogP contribution is -2.05. The van der Waals surface area contributed by atoms with Gasteiger partial charge in [-0.2, -0.15) is 5.26 Å². The largest absolute Gasteiger partial charge is 0.477 e. The second kappa shape index (κ2) is 6.07. The number of hydrogen-bond donors (Lipinski definition) is 1. The van der Waals surface area contributed by atoms with Gasteiger partial charge in [0.15, 0.2) is 0 Å². The molecule has 0 bridgehead atoms. The van der Waals surface area contributed by atoms with E-state index in [4.69, 9.17) is 4.74 Å². The number of benzene rings is 1. The van der Waals surface area contributed by atoms with Crippen LogP contribution in [0.2, 0.25) is 0 Å². The molecule has 7 heteroatoms. The molecule has 3 aromatic rings. The quantitative estimate of drug-likeness (QED) is 0.779. The van der Waals surface area contributed by atoms with Crippen molar-refractivity contribution in [3.63, 3.8) is 0 Å². The van der Waals surface area contributed by atoms with Gasteiger partial charge in [-0.15, -0.1) is 11.3 Å². The zero-order valence-electron chi connectivity index (χ0n) is 13.4. The van der Waals surface area contributed by atoms with Crippen LogP contribution < -0.4 is 0 Å². The predicted molar refractivity (Wildman–Crippen MR) is 91.2 cm³/mol. The maximum atomic E-state index is 11.2. The molecule has 1 aromatic carbocycles. The number of rotatable bonds is 4. The zero-order chi connectivity index (χ0) is 17.4. The van der Waals surface area contributed by atoms with Gasteiger partial charge in [0.1, 0.15) is 22.2 Å². The van der Waals surface area contributed by atoms with Gasteiger partial charge in [-0.25, -0.2) is 9.78 Å². The molecule has 2 aromatic heterocycles. The first-order valence-electron chi connectivity index (χ1n) is 7.24. The van der Waals surface area contributed by atoms with Crippen molar-refractivity contribution in [2.75, 3.05) is 7.11 Å². The Balaban J connectivity index is 2.17. The molecule has 0 aliphatic carbocycles. The fourth-order valence-electron chi connectivity index (χ4n) is 2.61. The van der Waals surface area contributed by atoms with Gasteiger partial charge >= 0.3 is 5.97 Å². The highest BCUT2D eigenvalue weighted by molar-refractivity contribution is 7.17. The number of aryl methyl sites for hydroxylation is 1. The Hall–Kier alpha value is -2.69. The Morgan fingerprint density at radius 1 is 1.50 bits per heavy atom. The highest BCUT2D eigenvalue weighted by Gasteiger charge is 2.17. The summed E-state index contributed by atoms with van der Waals surface area (Å²) in [6.45, 7) is 3.58. The van der Waals surface area contributed by atoms with Gasteiger partial charge in [0.05, 0.1) is 16.8 Å². The van der Waals surface area contributed by atoms with Gasteiger partial charge in [-0.3, -0.25) is 0 Å². The first kappa shape index (κ1) is 16.2. The predicted octanol–water partition coefficient (Wildman–Crippen LogP) is 3.81. The average molecular weight is 341 g/mol. The van der Waals surface area contributed by atoms with Crippen LogP contribution in [0.3, 0.4) is 0 Å².